The summed E-state index contributed by atoms with van der Waals surface area (Å²) in [5.74, 6) is 0.205. The molecule has 0 aromatic heterocycles. The van der Waals surface area contributed by atoms with Gasteiger partial charge in [-0.25, -0.2) is 4.79 Å². The summed E-state index contributed by atoms with van der Waals surface area (Å²) in [6.45, 7) is 8.53. The van der Waals surface area contributed by atoms with E-state index in [9.17, 15) is 9.59 Å². The second kappa shape index (κ2) is 4.80. The first-order valence-corrected chi connectivity index (χ1v) is 7.19. The first-order valence-electron chi connectivity index (χ1n) is 7.19. The summed E-state index contributed by atoms with van der Waals surface area (Å²) < 4.78 is 5.32. The largest absolute Gasteiger partial charge is 0.444 e. The number of hydrogen-bond donors (Lipinski definition) is 0. The number of ketones is 1. The fourth-order valence-corrected chi connectivity index (χ4v) is 2.97. The maximum absolute atomic E-state index is 12.0. The zero-order chi connectivity index (χ0) is 14.3. The quantitative estimate of drug-likeness (QED) is 0.772. The third-order valence-electron chi connectivity index (χ3n) is 4.19. The van der Waals surface area contributed by atoms with Crippen molar-refractivity contribution in [3.8, 4) is 0 Å². The Balaban J connectivity index is 1.90. The molecule has 1 unspecified atom stereocenters. The predicted molar refractivity (Wildman–Crippen MR) is 72.9 cm³/mol. The van der Waals surface area contributed by atoms with E-state index in [1.54, 1.807) is 4.90 Å². The van der Waals surface area contributed by atoms with Crippen molar-refractivity contribution < 1.29 is 14.3 Å². The summed E-state index contributed by atoms with van der Waals surface area (Å²) in [5, 5.41) is 0. The number of ether oxygens (including phenoxy) is 1. The van der Waals surface area contributed by atoms with Crippen molar-refractivity contribution in [3.63, 3.8) is 0 Å². The van der Waals surface area contributed by atoms with Gasteiger partial charge in [0, 0.05) is 12.5 Å². The zero-order valence-corrected chi connectivity index (χ0v) is 12.5. The number of rotatable bonds is 2. The Morgan fingerprint density at radius 3 is 2.53 bits per heavy atom. The number of nitrogens with zero attached hydrogens (tertiary/aromatic N) is 1. The monoisotopic (exact) mass is 267 g/mol. The van der Waals surface area contributed by atoms with Gasteiger partial charge in [0.2, 0.25) is 0 Å². The molecule has 2 aliphatic rings. The fraction of sp³-hybridized carbons (Fsp3) is 0.867. The lowest BCUT2D eigenvalue weighted by Gasteiger charge is -2.40. The van der Waals surface area contributed by atoms with Crippen LogP contribution in [0.4, 0.5) is 4.79 Å². The molecule has 19 heavy (non-hydrogen) atoms. The molecule has 1 amide bonds. The molecule has 0 radical (unpaired) electrons. The number of carbonyl (C=O) groups excluding carboxylic acids is 2. The third-order valence-corrected chi connectivity index (χ3v) is 4.19. The van der Waals surface area contributed by atoms with E-state index in [0.717, 1.165) is 6.42 Å². The molecule has 1 aliphatic heterocycles. The molecule has 4 heteroatoms. The van der Waals surface area contributed by atoms with Crippen LogP contribution in [0.3, 0.4) is 0 Å². The lowest BCUT2D eigenvalue weighted by atomic mass is 9.65. The molecule has 1 saturated heterocycles. The second-order valence-corrected chi connectivity index (χ2v) is 7.39. The standard InChI is InChI=1S/C15H25NO3/c1-14(2,3)19-13(18)16-9-11(12(17)10-16)8-15(4)6-5-7-15/h11H,5-10H2,1-4H3. The highest BCUT2D eigenvalue weighted by molar-refractivity contribution is 5.89. The highest BCUT2D eigenvalue weighted by Gasteiger charge is 2.41. The van der Waals surface area contributed by atoms with Gasteiger partial charge in [-0.2, -0.15) is 0 Å². The van der Waals surface area contributed by atoms with E-state index in [2.05, 4.69) is 6.92 Å². The molecule has 108 valence electrons. The van der Waals surface area contributed by atoms with Crippen molar-refractivity contribution in [2.24, 2.45) is 11.3 Å². The van der Waals surface area contributed by atoms with Crippen molar-refractivity contribution in [2.75, 3.05) is 13.1 Å². The van der Waals surface area contributed by atoms with Crippen LogP contribution < -0.4 is 0 Å². The van der Waals surface area contributed by atoms with Crippen molar-refractivity contribution >= 4 is 11.9 Å². The molecule has 1 saturated carbocycles. The van der Waals surface area contributed by atoms with Crippen molar-refractivity contribution in [1.82, 2.24) is 4.90 Å². The molecular weight excluding hydrogens is 242 g/mol. The van der Waals surface area contributed by atoms with Gasteiger partial charge in [0.25, 0.3) is 0 Å². The summed E-state index contributed by atoms with van der Waals surface area (Å²) in [4.78, 5) is 25.5. The van der Waals surface area contributed by atoms with E-state index in [1.807, 2.05) is 20.8 Å². The second-order valence-electron chi connectivity index (χ2n) is 7.39. The Kier molecular flexibility index (Phi) is 3.63. The number of likely N-dealkylation sites (tertiary alicyclic amines) is 1. The Morgan fingerprint density at radius 2 is 2.05 bits per heavy atom. The van der Waals surface area contributed by atoms with Crippen LogP contribution in [0.25, 0.3) is 0 Å². The maximum atomic E-state index is 12.0. The third kappa shape index (κ3) is 3.48. The molecule has 1 atom stereocenters. The molecule has 0 bridgehead atoms. The van der Waals surface area contributed by atoms with Gasteiger partial charge in [0.15, 0.2) is 5.78 Å². The SMILES string of the molecule is CC1(CC2CN(C(=O)OC(C)(C)C)CC2=O)CCC1. The first-order chi connectivity index (χ1) is 8.69. The van der Waals surface area contributed by atoms with Gasteiger partial charge in [-0.1, -0.05) is 13.3 Å². The van der Waals surface area contributed by atoms with Gasteiger partial charge < -0.3 is 9.64 Å². The smallest absolute Gasteiger partial charge is 0.410 e. The number of Topliss-reactive ketones (excluding diaryl/α,β-unsaturated/α-hetero) is 1. The van der Waals surface area contributed by atoms with Crippen LogP contribution >= 0.6 is 0 Å². The predicted octanol–water partition coefficient (Wildman–Crippen LogP) is 3.00. The Morgan fingerprint density at radius 1 is 1.42 bits per heavy atom. The van der Waals surface area contributed by atoms with E-state index in [-0.39, 0.29) is 24.3 Å². The van der Waals surface area contributed by atoms with Gasteiger partial charge in [-0.3, -0.25) is 4.79 Å². The average molecular weight is 267 g/mol. The minimum absolute atomic E-state index is 0.0119. The molecule has 0 aromatic rings. The van der Waals surface area contributed by atoms with Crippen LogP contribution in [0.15, 0.2) is 0 Å². The van der Waals surface area contributed by atoms with E-state index >= 15 is 0 Å². The fourth-order valence-electron chi connectivity index (χ4n) is 2.97. The number of amides is 1. The van der Waals surface area contributed by atoms with E-state index in [1.165, 1.54) is 19.3 Å². The summed E-state index contributed by atoms with van der Waals surface area (Å²) in [5.41, 5.74) is -0.178. The van der Waals surface area contributed by atoms with Crippen LogP contribution in [0.5, 0.6) is 0 Å². The molecular formula is C15H25NO3. The van der Waals surface area contributed by atoms with Crippen molar-refractivity contribution in [3.05, 3.63) is 0 Å². The summed E-state index contributed by atoms with van der Waals surface area (Å²) >= 11 is 0. The van der Waals surface area contributed by atoms with Crippen LogP contribution in [-0.2, 0) is 9.53 Å². The Hall–Kier alpha value is -1.06. The number of carbonyl (C=O) groups is 2. The van der Waals surface area contributed by atoms with Crippen molar-refractivity contribution in [1.29, 1.82) is 0 Å². The molecule has 4 nitrogen and oxygen atoms in total. The molecule has 1 aliphatic carbocycles. The van der Waals surface area contributed by atoms with Crippen molar-refractivity contribution in [2.45, 2.75) is 59.0 Å². The van der Waals surface area contributed by atoms with Gasteiger partial charge in [-0.05, 0) is 45.4 Å². The molecule has 0 N–H and O–H groups in total. The average Bonchev–Trinajstić information content (AvgIpc) is 2.56. The van der Waals surface area contributed by atoms with E-state index < -0.39 is 5.60 Å². The van der Waals surface area contributed by atoms with Gasteiger partial charge in [0.05, 0.1) is 6.54 Å². The molecule has 0 aromatic carbocycles. The van der Waals surface area contributed by atoms with Gasteiger partial charge in [0.1, 0.15) is 5.60 Å². The highest BCUT2D eigenvalue weighted by Crippen LogP contribution is 2.46. The van der Waals surface area contributed by atoms with E-state index in [4.69, 9.17) is 4.74 Å². The van der Waals surface area contributed by atoms with Crippen LogP contribution in [0.1, 0.15) is 53.4 Å². The molecule has 0 spiro atoms. The maximum Gasteiger partial charge on any atom is 0.410 e. The Bertz CT molecular complexity index is 379. The lowest BCUT2D eigenvalue weighted by molar-refractivity contribution is -0.121. The zero-order valence-electron chi connectivity index (χ0n) is 12.5. The highest BCUT2D eigenvalue weighted by atomic mass is 16.6. The summed E-state index contributed by atoms with van der Waals surface area (Å²) in [7, 11) is 0. The summed E-state index contributed by atoms with van der Waals surface area (Å²) in [6, 6.07) is 0. The molecule has 2 fully saturated rings. The Labute approximate surface area is 115 Å². The van der Waals surface area contributed by atoms with Crippen LogP contribution in [0, 0.1) is 11.3 Å². The minimum atomic E-state index is -0.502. The first kappa shape index (κ1) is 14.4. The normalized spacial score (nSPS) is 26.2. The van der Waals surface area contributed by atoms with E-state index in [0.29, 0.717) is 12.0 Å². The van der Waals surface area contributed by atoms with Crippen LogP contribution in [-0.4, -0.2) is 35.5 Å². The summed E-state index contributed by atoms with van der Waals surface area (Å²) in [6.07, 6.45) is 4.26. The number of hydrogen-bond acceptors (Lipinski definition) is 3. The molecule has 2 rings (SSSR count). The lowest BCUT2D eigenvalue weighted by Crippen LogP contribution is -2.36. The minimum Gasteiger partial charge on any atom is -0.444 e. The molecule has 1 heterocycles. The van der Waals surface area contributed by atoms with Crippen LogP contribution in [0.2, 0.25) is 0 Å². The topological polar surface area (TPSA) is 46.6 Å². The van der Waals surface area contributed by atoms with Gasteiger partial charge in [-0.15, -0.1) is 0 Å². The van der Waals surface area contributed by atoms with Gasteiger partial charge >= 0.3 is 6.09 Å².